The molecule has 1 fully saturated rings. The molecule has 0 spiro atoms. The Kier molecular flexibility index (Phi) is 4.56. The van der Waals surface area contributed by atoms with Gasteiger partial charge in [0.25, 0.3) is 0 Å². The lowest BCUT2D eigenvalue weighted by molar-refractivity contribution is 0.0515. The number of hydrogen-bond donors (Lipinski definition) is 0. The van der Waals surface area contributed by atoms with Gasteiger partial charge in [-0.2, -0.15) is 10.2 Å². The van der Waals surface area contributed by atoms with Crippen LogP contribution in [-0.4, -0.2) is 43.6 Å². The summed E-state index contributed by atoms with van der Waals surface area (Å²) in [5.74, 6) is 0.433. The van der Waals surface area contributed by atoms with Crippen molar-refractivity contribution in [2.24, 2.45) is 13.0 Å². The van der Waals surface area contributed by atoms with Gasteiger partial charge in [-0.1, -0.05) is 0 Å². The second-order valence-electron chi connectivity index (χ2n) is 7.49. The highest BCUT2D eigenvalue weighted by atomic mass is 16.5. The zero-order valence-electron chi connectivity index (χ0n) is 15.9. The standard InChI is InChI=1S/C19H27N5O2/c1-4-26-19(25)18-16-12-23(11-15-10-22(3)20-13(15)2)8-7-17(16)24(21-18)9-14-5-6-14/h10,14H,4-9,11-12H2,1-3H3. The number of fused-ring (bicyclic) bond motifs is 1. The Bertz CT molecular complexity index is 818. The minimum atomic E-state index is -0.294. The fraction of sp³-hybridized carbons (Fsp3) is 0.632. The Balaban J connectivity index is 1.58. The van der Waals surface area contributed by atoms with E-state index in [0.717, 1.165) is 49.8 Å². The van der Waals surface area contributed by atoms with Gasteiger partial charge >= 0.3 is 5.97 Å². The van der Waals surface area contributed by atoms with Crippen LogP contribution in [-0.2, 0) is 37.8 Å². The molecule has 1 saturated carbocycles. The molecule has 0 radical (unpaired) electrons. The first kappa shape index (κ1) is 17.3. The van der Waals surface area contributed by atoms with Crippen LogP contribution in [0.2, 0.25) is 0 Å². The Morgan fingerprint density at radius 3 is 2.81 bits per heavy atom. The SMILES string of the molecule is CCOC(=O)c1nn(CC2CC2)c2c1CN(Cc1cn(C)nc1C)CC2. The van der Waals surface area contributed by atoms with Crippen LogP contribution in [0.4, 0.5) is 0 Å². The molecule has 7 nitrogen and oxygen atoms in total. The summed E-state index contributed by atoms with van der Waals surface area (Å²) in [6, 6.07) is 0. The highest BCUT2D eigenvalue weighted by Gasteiger charge is 2.31. The van der Waals surface area contributed by atoms with Crippen molar-refractivity contribution < 1.29 is 9.53 Å². The first-order chi connectivity index (χ1) is 12.5. The monoisotopic (exact) mass is 357 g/mol. The molecule has 2 aromatic rings. The van der Waals surface area contributed by atoms with Gasteiger partial charge in [-0.15, -0.1) is 0 Å². The fourth-order valence-corrected chi connectivity index (χ4v) is 3.79. The molecule has 3 heterocycles. The first-order valence-electron chi connectivity index (χ1n) is 9.52. The van der Waals surface area contributed by atoms with Gasteiger partial charge in [-0.05, 0) is 32.6 Å². The van der Waals surface area contributed by atoms with E-state index in [4.69, 9.17) is 4.74 Å². The summed E-state index contributed by atoms with van der Waals surface area (Å²) in [4.78, 5) is 14.8. The van der Waals surface area contributed by atoms with E-state index in [1.165, 1.54) is 24.1 Å². The van der Waals surface area contributed by atoms with Crippen molar-refractivity contribution in [2.75, 3.05) is 13.2 Å². The molecule has 0 saturated heterocycles. The predicted molar refractivity (Wildman–Crippen MR) is 96.7 cm³/mol. The minimum absolute atomic E-state index is 0.294. The molecule has 26 heavy (non-hydrogen) atoms. The molecular weight excluding hydrogens is 330 g/mol. The number of aryl methyl sites for hydroxylation is 2. The minimum Gasteiger partial charge on any atom is -0.461 e. The van der Waals surface area contributed by atoms with Crippen LogP contribution in [0.15, 0.2) is 6.20 Å². The van der Waals surface area contributed by atoms with E-state index in [-0.39, 0.29) is 5.97 Å². The molecule has 4 rings (SSSR count). The molecule has 2 aliphatic rings. The molecule has 0 aromatic carbocycles. The van der Waals surface area contributed by atoms with Gasteiger partial charge in [0.2, 0.25) is 0 Å². The summed E-state index contributed by atoms with van der Waals surface area (Å²) in [5, 5.41) is 9.09. The van der Waals surface area contributed by atoms with E-state index in [2.05, 4.69) is 26.0 Å². The fourth-order valence-electron chi connectivity index (χ4n) is 3.79. The maximum Gasteiger partial charge on any atom is 0.359 e. The quantitative estimate of drug-likeness (QED) is 0.741. The number of rotatable bonds is 6. The van der Waals surface area contributed by atoms with Crippen molar-refractivity contribution in [3.8, 4) is 0 Å². The molecule has 7 heteroatoms. The van der Waals surface area contributed by atoms with E-state index in [9.17, 15) is 4.79 Å². The zero-order valence-corrected chi connectivity index (χ0v) is 15.9. The average molecular weight is 357 g/mol. The second kappa shape index (κ2) is 6.87. The normalized spacial score (nSPS) is 17.3. The van der Waals surface area contributed by atoms with Crippen LogP contribution in [0.25, 0.3) is 0 Å². The van der Waals surface area contributed by atoms with Crippen molar-refractivity contribution in [1.29, 1.82) is 0 Å². The van der Waals surface area contributed by atoms with Crippen LogP contribution in [0.1, 0.15) is 52.8 Å². The van der Waals surface area contributed by atoms with Gasteiger partial charge in [-0.3, -0.25) is 14.3 Å². The number of carbonyl (C=O) groups is 1. The van der Waals surface area contributed by atoms with Gasteiger partial charge in [0.1, 0.15) is 0 Å². The van der Waals surface area contributed by atoms with Crippen molar-refractivity contribution in [1.82, 2.24) is 24.5 Å². The molecule has 0 amide bonds. The number of nitrogens with zero attached hydrogens (tertiary/aromatic N) is 5. The van der Waals surface area contributed by atoms with Crippen LogP contribution < -0.4 is 0 Å². The largest absolute Gasteiger partial charge is 0.461 e. The second-order valence-corrected chi connectivity index (χ2v) is 7.49. The summed E-state index contributed by atoms with van der Waals surface area (Å²) >= 11 is 0. The maximum atomic E-state index is 12.4. The summed E-state index contributed by atoms with van der Waals surface area (Å²) in [7, 11) is 1.95. The lowest BCUT2D eigenvalue weighted by Crippen LogP contribution is -2.31. The summed E-state index contributed by atoms with van der Waals surface area (Å²) < 4.78 is 9.19. The van der Waals surface area contributed by atoms with E-state index in [0.29, 0.717) is 12.3 Å². The molecule has 0 unspecified atom stereocenters. The lowest BCUT2D eigenvalue weighted by atomic mass is 10.0. The molecule has 1 aliphatic carbocycles. The van der Waals surface area contributed by atoms with E-state index < -0.39 is 0 Å². The van der Waals surface area contributed by atoms with Crippen LogP contribution >= 0.6 is 0 Å². The van der Waals surface area contributed by atoms with Crippen molar-refractivity contribution in [3.05, 3.63) is 34.4 Å². The summed E-state index contributed by atoms with van der Waals surface area (Å²) in [6.07, 6.45) is 5.55. The lowest BCUT2D eigenvalue weighted by Gasteiger charge is -2.27. The third-order valence-electron chi connectivity index (χ3n) is 5.32. The predicted octanol–water partition coefficient (Wildman–Crippen LogP) is 2.07. The van der Waals surface area contributed by atoms with Crippen molar-refractivity contribution >= 4 is 5.97 Å². The number of aromatic nitrogens is 4. The molecule has 2 aromatic heterocycles. The number of ether oxygens (including phenoxy) is 1. The molecular formula is C19H27N5O2. The Morgan fingerprint density at radius 1 is 1.35 bits per heavy atom. The zero-order chi connectivity index (χ0) is 18.3. The van der Waals surface area contributed by atoms with E-state index >= 15 is 0 Å². The van der Waals surface area contributed by atoms with Crippen LogP contribution in [0, 0.1) is 12.8 Å². The Morgan fingerprint density at radius 2 is 2.15 bits per heavy atom. The van der Waals surface area contributed by atoms with Crippen molar-refractivity contribution in [3.63, 3.8) is 0 Å². The summed E-state index contributed by atoms with van der Waals surface area (Å²) in [6.45, 7) is 7.74. The number of hydrogen-bond acceptors (Lipinski definition) is 5. The van der Waals surface area contributed by atoms with Gasteiger partial charge in [0.05, 0.1) is 12.3 Å². The van der Waals surface area contributed by atoms with Crippen LogP contribution in [0.3, 0.4) is 0 Å². The smallest absolute Gasteiger partial charge is 0.359 e. The third-order valence-corrected chi connectivity index (χ3v) is 5.32. The number of carbonyl (C=O) groups excluding carboxylic acids is 1. The molecule has 1 aliphatic heterocycles. The van der Waals surface area contributed by atoms with Gasteiger partial charge in [0, 0.05) is 62.7 Å². The topological polar surface area (TPSA) is 65.2 Å². The average Bonchev–Trinajstić information content (AvgIpc) is 3.27. The summed E-state index contributed by atoms with van der Waals surface area (Å²) in [5.41, 5.74) is 5.08. The molecule has 0 atom stereocenters. The Hall–Kier alpha value is -2.15. The van der Waals surface area contributed by atoms with Gasteiger partial charge in [0.15, 0.2) is 5.69 Å². The van der Waals surface area contributed by atoms with E-state index in [1.807, 2.05) is 25.6 Å². The third kappa shape index (κ3) is 3.40. The Labute approximate surface area is 153 Å². The first-order valence-corrected chi connectivity index (χ1v) is 9.52. The number of esters is 1. The maximum absolute atomic E-state index is 12.4. The van der Waals surface area contributed by atoms with E-state index in [1.54, 1.807) is 0 Å². The van der Waals surface area contributed by atoms with Crippen LogP contribution in [0.5, 0.6) is 0 Å². The van der Waals surface area contributed by atoms with Crippen molar-refractivity contribution in [2.45, 2.75) is 52.7 Å². The van der Waals surface area contributed by atoms with Gasteiger partial charge < -0.3 is 4.74 Å². The highest BCUT2D eigenvalue weighted by Crippen LogP contribution is 2.33. The highest BCUT2D eigenvalue weighted by molar-refractivity contribution is 5.89. The molecule has 0 bridgehead atoms. The molecule has 0 N–H and O–H groups in total. The van der Waals surface area contributed by atoms with Gasteiger partial charge in [-0.25, -0.2) is 4.79 Å². The molecule has 140 valence electrons.